The van der Waals surface area contributed by atoms with Crippen molar-refractivity contribution in [2.24, 2.45) is 11.8 Å². The molecule has 0 aliphatic carbocycles. The molecule has 0 rings (SSSR count). The summed E-state index contributed by atoms with van der Waals surface area (Å²) < 4.78 is 16.6. The average Bonchev–Trinajstić information content (AvgIpc) is 3.06. The van der Waals surface area contributed by atoms with Crippen LogP contribution in [0.2, 0.25) is 0 Å². The van der Waals surface area contributed by atoms with Crippen LogP contribution >= 0.6 is 0 Å². The molecule has 0 aliphatic rings. The standard InChI is InChI=1S/C43H82O6/c1-6-7-8-9-16-23-28-33-41(44)47-36-40(37-48-42(45)34-29-24-20-15-18-22-27-32-39(4)5)49-43(46)35-30-25-19-14-12-10-11-13-17-21-26-31-38(2)3/h38-40H,6-37H2,1-5H3/t40-/m1/s1. The van der Waals surface area contributed by atoms with Gasteiger partial charge in [0.05, 0.1) is 0 Å². The Labute approximate surface area is 304 Å². The normalized spacial score (nSPS) is 12.1. The molecule has 0 aromatic carbocycles. The second-order valence-electron chi connectivity index (χ2n) is 15.6. The summed E-state index contributed by atoms with van der Waals surface area (Å²) >= 11 is 0. The molecule has 0 saturated heterocycles. The number of rotatable bonds is 37. The van der Waals surface area contributed by atoms with Crippen molar-refractivity contribution in [3.8, 4) is 0 Å². The Bertz CT molecular complexity index is 749. The molecular formula is C43H82O6. The summed E-state index contributed by atoms with van der Waals surface area (Å²) in [6, 6.07) is 0. The van der Waals surface area contributed by atoms with Crippen LogP contribution in [-0.4, -0.2) is 37.2 Å². The molecule has 0 radical (unpaired) electrons. The van der Waals surface area contributed by atoms with Crippen molar-refractivity contribution < 1.29 is 28.6 Å². The van der Waals surface area contributed by atoms with Crippen LogP contribution in [0.25, 0.3) is 0 Å². The van der Waals surface area contributed by atoms with Gasteiger partial charge in [-0.25, -0.2) is 0 Å². The zero-order chi connectivity index (χ0) is 36.2. The number of ether oxygens (including phenoxy) is 3. The van der Waals surface area contributed by atoms with Crippen LogP contribution in [0.1, 0.15) is 227 Å². The Hall–Kier alpha value is -1.59. The van der Waals surface area contributed by atoms with Crippen LogP contribution in [0.3, 0.4) is 0 Å². The molecule has 0 amide bonds. The fourth-order valence-corrected chi connectivity index (χ4v) is 6.22. The summed E-state index contributed by atoms with van der Waals surface area (Å²) in [7, 11) is 0. The van der Waals surface area contributed by atoms with Gasteiger partial charge in [0.1, 0.15) is 13.2 Å². The first kappa shape index (κ1) is 47.4. The summed E-state index contributed by atoms with van der Waals surface area (Å²) in [6.45, 7) is 11.2. The van der Waals surface area contributed by atoms with Crippen LogP contribution in [-0.2, 0) is 28.6 Å². The van der Waals surface area contributed by atoms with Crippen molar-refractivity contribution in [3.05, 3.63) is 0 Å². The Morgan fingerprint density at radius 1 is 0.388 bits per heavy atom. The first-order valence-corrected chi connectivity index (χ1v) is 21.2. The maximum Gasteiger partial charge on any atom is 0.306 e. The van der Waals surface area contributed by atoms with Crippen molar-refractivity contribution in [3.63, 3.8) is 0 Å². The van der Waals surface area contributed by atoms with E-state index in [0.29, 0.717) is 19.3 Å². The summed E-state index contributed by atoms with van der Waals surface area (Å²) in [5, 5.41) is 0. The largest absolute Gasteiger partial charge is 0.462 e. The van der Waals surface area contributed by atoms with Crippen molar-refractivity contribution >= 4 is 17.9 Å². The van der Waals surface area contributed by atoms with Crippen molar-refractivity contribution in [1.82, 2.24) is 0 Å². The molecule has 0 aliphatic heterocycles. The van der Waals surface area contributed by atoms with Gasteiger partial charge in [-0.1, -0.05) is 189 Å². The van der Waals surface area contributed by atoms with Crippen LogP contribution in [0.4, 0.5) is 0 Å². The Kier molecular flexibility index (Phi) is 35.0. The monoisotopic (exact) mass is 695 g/mol. The number of hydrogen-bond acceptors (Lipinski definition) is 6. The third kappa shape index (κ3) is 37.5. The topological polar surface area (TPSA) is 78.9 Å². The molecule has 0 fully saturated rings. The maximum absolute atomic E-state index is 12.6. The number of unbranched alkanes of at least 4 members (excludes halogenated alkanes) is 22. The molecule has 290 valence electrons. The minimum atomic E-state index is -0.759. The average molecular weight is 695 g/mol. The fraction of sp³-hybridized carbons (Fsp3) is 0.930. The van der Waals surface area contributed by atoms with Crippen molar-refractivity contribution in [2.45, 2.75) is 233 Å². The summed E-state index contributed by atoms with van der Waals surface area (Å²) in [5.41, 5.74) is 0. The zero-order valence-electron chi connectivity index (χ0n) is 33.3. The molecule has 49 heavy (non-hydrogen) atoms. The van der Waals surface area contributed by atoms with Gasteiger partial charge in [0.15, 0.2) is 6.10 Å². The second-order valence-corrected chi connectivity index (χ2v) is 15.6. The van der Waals surface area contributed by atoms with Gasteiger partial charge in [-0.3, -0.25) is 14.4 Å². The highest BCUT2D eigenvalue weighted by Gasteiger charge is 2.19. The van der Waals surface area contributed by atoms with E-state index in [-0.39, 0.29) is 31.1 Å². The van der Waals surface area contributed by atoms with E-state index in [1.54, 1.807) is 0 Å². The number of hydrogen-bond donors (Lipinski definition) is 0. The minimum absolute atomic E-state index is 0.0666. The zero-order valence-corrected chi connectivity index (χ0v) is 33.3. The molecule has 6 nitrogen and oxygen atoms in total. The molecule has 6 heteroatoms. The molecule has 0 unspecified atom stereocenters. The SMILES string of the molecule is CCCCCCCCCC(=O)OC[C@H](COC(=O)CCCCCCCCCC(C)C)OC(=O)CCCCCCCCCCCCCC(C)C. The molecule has 1 atom stereocenters. The van der Waals surface area contributed by atoms with E-state index in [0.717, 1.165) is 69.6 Å². The third-order valence-corrected chi connectivity index (χ3v) is 9.47. The van der Waals surface area contributed by atoms with Crippen LogP contribution in [0.15, 0.2) is 0 Å². The highest BCUT2D eigenvalue weighted by atomic mass is 16.6. The molecule has 0 heterocycles. The summed E-state index contributed by atoms with van der Waals surface area (Å²) in [4.78, 5) is 37.4. The van der Waals surface area contributed by atoms with Gasteiger partial charge in [0, 0.05) is 19.3 Å². The lowest BCUT2D eigenvalue weighted by Gasteiger charge is -2.18. The molecular weight excluding hydrogens is 612 g/mol. The van der Waals surface area contributed by atoms with Crippen molar-refractivity contribution in [1.29, 1.82) is 0 Å². The molecule has 0 saturated carbocycles. The molecule has 0 N–H and O–H groups in total. The Balaban J connectivity index is 4.30. The van der Waals surface area contributed by atoms with Gasteiger partial charge < -0.3 is 14.2 Å². The van der Waals surface area contributed by atoms with Crippen LogP contribution in [0.5, 0.6) is 0 Å². The Morgan fingerprint density at radius 3 is 1.00 bits per heavy atom. The number of carbonyl (C=O) groups is 3. The number of esters is 3. The molecule has 0 aromatic heterocycles. The van der Waals surface area contributed by atoms with E-state index < -0.39 is 6.10 Å². The highest BCUT2D eigenvalue weighted by Crippen LogP contribution is 2.16. The van der Waals surface area contributed by atoms with E-state index in [1.807, 2.05) is 0 Å². The van der Waals surface area contributed by atoms with Crippen molar-refractivity contribution in [2.75, 3.05) is 13.2 Å². The first-order valence-electron chi connectivity index (χ1n) is 21.2. The van der Waals surface area contributed by atoms with Gasteiger partial charge in [-0.2, -0.15) is 0 Å². The van der Waals surface area contributed by atoms with Gasteiger partial charge in [0.25, 0.3) is 0 Å². The van der Waals surface area contributed by atoms with Gasteiger partial charge in [0.2, 0.25) is 0 Å². The van der Waals surface area contributed by atoms with E-state index in [2.05, 4.69) is 34.6 Å². The lowest BCUT2D eigenvalue weighted by Crippen LogP contribution is -2.30. The first-order chi connectivity index (χ1) is 23.7. The number of carbonyl (C=O) groups excluding carboxylic acids is 3. The third-order valence-electron chi connectivity index (χ3n) is 9.47. The van der Waals surface area contributed by atoms with Gasteiger partial charge in [-0.05, 0) is 31.1 Å². The maximum atomic E-state index is 12.6. The van der Waals surface area contributed by atoms with E-state index in [4.69, 9.17) is 14.2 Å². The summed E-state index contributed by atoms with van der Waals surface area (Å²) in [5.74, 6) is 0.736. The lowest BCUT2D eigenvalue weighted by molar-refractivity contribution is -0.167. The summed E-state index contributed by atoms with van der Waals surface area (Å²) in [6.07, 6.45) is 32.5. The predicted octanol–water partition coefficient (Wildman–Crippen LogP) is 13.0. The highest BCUT2D eigenvalue weighted by molar-refractivity contribution is 5.71. The minimum Gasteiger partial charge on any atom is -0.462 e. The predicted molar refractivity (Wildman–Crippen MR) is 206 cm³/mol. The fourth-order valence-electron chi connectivity index (χ4n) is 6.22. The second kappa shape index (κ2) is 36.2. The smallest absolute Gasteiger partial charge is 0.306 e. The van der Waals surface area contributed by atoms with E-state index in [1.165, 1.54) is 116 Å². The lowest BCUT2D eigenvalue weighted by atomic mass is 10.0. The Morgan fingerprint density at radius 2 is 0.673 bits per heavy atom. The van der Waals surface area contributed by atoms with Gasteiger partial charge in [-0.15, -0.1) is 0 Å². The van der Waals surface area contributed by atoms with Crippen LogP contribution in [0, 0.1) is 11.8 Å². The van der Waals surface area contributed by atoms with Gasteiger partial charge >= 0.3 is 17.9 Å². The van der Waals surface area contributed by atoms with E-state index in [9.17, 15) is 14.4 Å². The quantitative estimate of drug-likeness (QED) is 0.0366. The van der Waals surface area contributed by atoms with E-state index >= 15 is 0 Å². The molecule has 0 spiro atoms. The molecule has 0 aromatic rings. The molecule has 0 bridgehead atoms. The van der Waals surface area contributed by atoms with Crippen LogP contribution < -0.4 is 0 Å².